The van der Waals surface area contributed by atoms with Crippen molar-refractivity contribution < 1.29 is 9.90 Å². The van der Waals surface area contributed by atoms with Crippen LogP contribution in [0.25, 0.3) is 0 Å². The van der Waals surface area contributed by atoms with Gasteiger partial charge in [-0.25, -0.2) is 0 Å². The molecule has 0 saturated heterocycles. The summed E-state index contributed by atoms with van der Waals surface area (Å²) in [5.41, 5.74) is 1.73. The molecule has 3 heteroatoms. The number of rotatable bonds is 5. The minimum atomic E-state index is -0.803. The van der Waals surface area contributed by atoms with Crippen molar-refractivity contribution in [3.8, 4) is 0 Å². The zero-order valence-electron chi connectivity index (χ0n) is 11.9. The maximum atomic E-state index is 12.0. The third-order valence-corrected chi connectivity index (χ3v) is 4.12. The van der Waals surface area contributed by atoms with Crippen LogP contribution in [0.1, 0.15) is 43.7 Å². The van der Waals surface area contributed by atoms with Crippen LogP contribution < -0.4 is 5.32 Å². The highest BCUT2D eigenvalue weighted by atomic mass is 16.3. The second-order valence-electron chi connectivity index (χ2n) is 5.87. The molecule has 1 amide bonds. The fourth-order valence-corrected chi connectivity index (χ4v) is 2.36. The van der Waals surface area contributed by atoms with Crippen molar-refractivity contribution in [2.24, 2.45) is 5.92 Å². The Balaban J connectivity index is 1.89. The van der Waals surface area contributed by atoms with E-state index in [2.05, 4.69) is 24.4 Å². The van der Waals surface area contributed by atoms with Gasteiger partial charge in [0.25, 0.3) is 0 Å². The summed E-state index contributed by atoms with van der Waals surface area (Å²) < 4.78 is 0. The van der Waals surface area contributed by atoms with Gasteiger partial charge in [0.2, 0.25) is 5.91 Å². The van der Waals surface area contributed by atoms with Gasteiger partial charge in [-0.1, -0.05) is 31.2 Å². The number of aliphatic hydroxyl groups is 1. The molecule has 0 unspecified atom stereocenters. The van der Waals surface area contributed by atoms with Crippen LogP contribution in [0.15, 0.2) is 24.3 Å². The van der Waals surface area contributed by atoms with E-state index in [1.54, 1.807) is 6.92 Å². The van der Waals surface area contributed by atoms with Crippen LogP contribution in [0.5, 0.6) is 0 Å². The van der Waals surface area contributed by atoms with Crippen LogP contribution >= 0.6 is 0 Å². The average Bonchev–Trinajstić information content (AvgIpc) is 3.17. The van der Waals surface area contributed by atoms with Crippen LogP contribution in [-0.2, 0) is 4.79 Å². The van der Waals surface area contributed by atoms with Crippen LogP contribution in [0.4, 0.5) is 0 Å². The van der Waals surface area contributed by atoms with Crippen molar-refractivity contribution in [3.05, 3.63) is 35.4 Å². The topological polar surface area (TPSA) is 49.3 Å². The van der Waals surface area contributed by atoms with Crippen LogP contribution in [-0.4, -0.2) is 23.2 Å². The molecule has 0 aliphatic heterocycles. The van der Waals surface area contributed by atoms with Gasteiger partial charge < -0.3 is 10.4 Å². The Kier molecular flexibility index (Phi) is 3.95. The molecule has 2 N–H and O–H groups in total. The molecule has 3 nitrogen and oxygen atoms in total. The Labute approximate surface area is 115 Å². The molecule has 1 aromatic carbocycles. The highest BCUT2D eigenvalue weighted by Gasteiger charge is 2.44. The van der Waals surface area contributed by atoms with Gasteiger partial charge in [-0.05, 0) is 43.7 Å². The lowest BCUT2D eigenvalue weighted by molar-refractivity contribution is -0.123. The summed E-state index contributed by atoms with van der Waals surface area (Å²) in [4.78, 5) is 12.0. The highest BCUT2D eigenvalue weighted by molar-refractivity contribution is 5.83. The number of hydrogen-bond acceptors (Lipinski definition) is 2. The predicted octanol–water partition coefficient (Wildman–Crippen LogP) is 2.38. The Morgan fingerprint density at radius 3 is 2.79 bits per heavy atom. The third-order valence-electron chi connectivity index (χ3n) is 4.12. The molecule has 0 bridgehead atoms. The molecule has 19 heavy (non-hydrogen) atoms. The summed E-state index contributed by atoms with van der Waals surface area (Å²) in [6.45, 7) is 6.09. The van der Waals surface area contributed by atoms with E-state index in [4.69, 9.17) is 0 Å². The average molecular weight is 261 g/mol. The first kappa shape index (κ1) is 14.1. The summed E-state index contributed by atoms with van der Waals surface area (Å²) in [5, 5.41) is 12.8. The second kappa shape index (κ2) is 5.33. The SMILES string of the molecule is CC[C@](C)(O)CNC(=O)[C@@H]1C[C@@H]1c1ccccc1C. The summed E-state index contributed by atoms with van der Waals surface area (Å²) >= 11 is 0. The molecular weight excluding hydrogens is 238 g/mol. The van der Waals surface area contributed by atoms with Gasteiger partial charge in [-0.2, -0.15) is 0 Å². The van der Waals surface area contributed by atoms with E-state index in [1.165, 1.54) is 11.1 Å². The maximum Gasteiger partial charge on any atom is 0.223 e. The lowest BCUT2D eigenvalue weighted by atomic mass is 10.0. The number of benzene rings is 1. The normalized spacial score (nSPS) is 24.6. The molecule has 0 spiro atoms. The lowest BCUT2D eigenvalue weighted by Crippen LogP contribution is -2.40. The fraction of sp³-hybridized carbons (Fsp3) is 0.562. The molecule has 1 aromatic rings. The first-order valence-electron chi connectivity index (χ1n) is 7.00. The van der Waals surface area contributed by atoms with E-state index in [0.717, 1.165) is 6.42 Å². The molecule has 3 atom stereocenters. The summed E-state index contributed by atoms with van der Waals surface area (Å²) in [6.07, 6.45) is 1.56. The zero-order valence-corrected chi connectivity index (χ0v) is 11.9. The molecule has 0 radical (unpaired) electrons. The molecule has 2 rings (SSSR count). The van der Waals surface area contributed by atoms with Crippen molar-refractivity contribution in [1.29, 1.82) is 0 Å². The Bertz CT molecular complexity index is 468. The number of carbonyl (C=O) groups is 1. The largest absolute Gasteiger partial charge is 0.388 e. The lowest BCUT2D eigenvalue weighted by Gasteiger charge is -2.21. The Morgan fingerprint density at radius 2 is 2.16 bits per heavy atom. The van der Waals surface area contributed by atoms with Crippen molar-refractivity contribution in [3.63, 3.8) is 0 Å². The molecular formula is C16H23NO2. The Hall–Kier alpha value is -1.35. The van der Waals surface area contributed by atoms with Crippen molar-refractivity contribution in [2.75, 3.05) is 6.54 Å². The van der Waals surface area contributed by atoms with Crippen molar-refractivity contribution in [2.45, 2.75) is 45.1 Å². The smallest absolute Gasteiger partial charge is 0.223 e. The number of aryl methyl sites for hydroxylation is 1. The molecule has 0 aromatic heterocycles. The van der Waals surface area contributed by atoms with E-state index in [1.807, 2.05) is 19.1 Å². The van der Waals surface area contributed by atoms with Gasteiger partial charge in [0.1, 0.15) is 0 Å². The standard InChI is InChI=1S/C16H23NO2/c1-4-16(3,19)10-17-15(18)14-9-13(14)12-8-6-5-7-11(12)2/h5-8,13-14,19H,4,9-10H2,1-3H3,(H,17,18)/t13-,14-,16+/m1/s1. The van der Waals surface area contributed by atoms with Gasteiger partial charge in [0.15, 0.2) is 0 Å². The summed E-state index contributed by atoms with van der Waals surface area (Å²) in [5.74, 6) is 0.503. The number of nitrogens with one attached hydrogen (secondary N) is 1. The molecule has 0 heterocycles. The van der Waals surface area contributed by atoms with Crippen molar-refractivity contribution in [1.82, 2.24) is 5.32 Å². The molecule has 1 saturated carbocycles. The fourth-order valence-electron chi connectivity index (χ4n) is 2.36. The Morgan fingerprint density at radius 1 is 1.47 bits per heavy atom. The van der Waals surface area contributed by atoms with Crippen LogP contribution in [0.3, 0.4) is 0 Å². The first-order chi connectivity index (χ1) is 8.94. The maximum absolute atomic E-state index is 12.0. The van der Waals surface area contributed by atoms with E-state index in [-0.39, 0.29) is 11.8 Å². The highest BCUT2D eigenvalue weighted by Crippen LogP contribution is 2.48. The van der Waals surface area contributed by atoms with Crippen LogP contribution in [0.2, 0.25) is 0 Å². The minimum Gasteiger partial charge on any atom is -0.388 e. The first-order valence-corrected chi connectivity index (χ1v) is 7.00. The molecule has 1 fully saturated rings. The molecule has 104 valence electrons. The van der Waals surface area contributed by atoms with E-state index in [9.17, 15) is 9.90 Å². The van der Waals surface area contributed by atoms with Gasteiger partial charge in [-0.3, -0.25) is 4.79 Å². The van der Waals surface area contributed by atoms with Gasteiger partial charge in [0.05, 0.1) is 5.60 Å². The quantitative estimate of drug-likeness (QED) is 0.855. The van der Waals surface area contributed by atoms with Gasteiger partial charge in [0, 0.05) is 12.5 Å². The van der Waals surface area contributed by atoms with E-state index in [0.29, 0.717) is 18.9 Å². The van der Waals surface area contributed by atoms with Gasteiger partial charge >= 0.3 is 0 Å². The number of hydrogen-bond donors (Lipinski definition) is 2. The zero-order chi connectivity index (χ0) is 14.0. The van der Waals surface area contributed by atoms with Crippen molar-refractivity contribution >= 4 is 5.91 Å². The molecule has 1 aliphatic rings. The monoisotopic (exact) mass is 261 g/mol. The molecule has 1 aliphatic carbocycles. The number of carbonyl (C=O) groups excluding carboxylic acids is 1. The van der Waals surface area contributed by atoms with E-state index < -0.39 is 5.60 Å². The van der Waals surface area contributed by atoms with E-state index >= 15 is 0 Å². The van der Waals surface area contributed by atoms with Gasteiger partial charge in [-0.15, -0.1) is 0 Å². The predicted molar refractivity (Wildman–Crippen MR) is 76.0 cm³/mol. The second-order valence-corrected chi connectivity index (χ2v) is 5.87. The number of amides is 1. The summed E-state index contributed by atoms with van der Waals surface area (Å²) in [6, 6.07) is 8.24. The third kappa shape index (κ3) is 3.35. The van der Waals surface area contributed by atoms with Crippen LogP contribution in [0, 0.1) is 12.8 Å². The minimum absolute atomic E-state index is 0.0713. The summed E-state index contributed by atoms with van der Waals surface area (Å²) in [7, 11) is 0.